The van der Waals surface area contributed by atoms with Gasteiger partial charge in [0, 0.05) is 11.8 Å². The molecule has 0 bridgehead atoms. The number of carbonyl (C=O) groups excluding carboxylic acids is 2. The first-order valence-electron chi connectivity index (χ1n) is 6.87. The van der Waals surface area contributed by atoms with Gasteiger partial charge >= 0.3 is 6.03 Å². The number of amides is 3. The summed E-state index contributed by atoms with van der Waals surface area (Å²) in [5, 5.41) is 4.33. The average Bonchev–Trinajstić information content (AvgIpc) is 2.26. The molecule has 1 fully saturated rings. The summed E-state index contributed by atoms with van der Waals surface area (Å²) in [4.78, 5) is 22.7. The van der Waals surface area contributed by atoms with Crippen LogP contribution in [0.3, 0.4) is 0 Å². The summed E-state index contributed by atoms with van der Waals surface area (Å²) in [5.74, 6) is 0.537. The number of imide groups is 1. The van der Waals surface area contributed by atoms with Crippen molar-refractivity contribution in [1.82, 2.24) is 5.32 Å². The van der Waals surface area contributed by atoms with Crippen LogP contribution in [-0.4, -0.2) is 24.0 Å². The second kappa shape index (κ2) is 6.73. The van der Waals surface area contributed by atoms with Crippen LogP contribution in [0, 0.1) is 11.8 Å². The van der Waals surface area contributed by atoms with Gasteiger partial charge in [-0.25, -0.2) is 4.79 Å². The molecule has 5 N–H and O–H groups in total. The summed E-state index contributed by atoms with van der Waals surface area (Å²) in [5.41, 5.74) is 5.01. The van der Waals surface area contributed by atoms with Crippen LogP contribution >= 0.6 is 0 Å². The quantitative estimate of drug-likeness (QED) is 0.677. The van der Waals surface area contributed by atoms with Gasteiger partial charge in [0.25, 0.3) is 5.91 Å². The van der Waals surface area contributed by atoms with Crippen LogP contribution in [0.25, 0.3) is 0 Å². The second-order valence-corrected chi connectivity index (χ2v) is 5.74. The minimum atomic E-state index is -0.768. The lowest BCUT2D eigenvalue weighted by Gasteiger charge is -2.30. The summed E-state index contributed by atoms with van der Waals surface area (Å²) < 4.78 is 0. The fraction of sp³-hybridized carbons (Fsp3) is 0.846. The zero-order valence-electron chi connectivity index (χ0n) is 11.6. The maximum absolute atomic E-state index is 11.9. The lowest BCUT2D eigenvalue weighted by molar-refractivity contribution is -0.722. The van der Waals surface area contributed by atoms with Gasteiger partial charge in [-0.15, -0.1) is 0 Å². The number of carbonyl (C=O) groups is 2. The van der Waals surface area contributed by atoms with E-state index >= 15 is 0 Å². The Morgan fingerprint density at radius 2 is 1.89 bits per heavy atom. The number of rotatable bonds is 4. The highest BCUT2D eigenvalue weighted by molar-refractivity contribution is 5.95. The lowest BCUT2D eigenvalue weighted by Crippen LogP contribution is -2.99. The van der Waals surface area contributed by atoms with E-state index in [1.54, 1.807) is 0 Å². The molecule has 0 aromatic carbocycles. The van der Waals surface area contributed by atoms with Crippen molar-refractivity contribution in [2.45, 2.75) is 58.5 Å². The molecule has 5 nitrogen and oxygen atoms in total. The Kier molecular flexibility index (Phi) is 5.59. The van der Waals surface area contributed by atoms with E-state index in [0.29, 0.717) is 12.0 Å². The first-order chi connectivity index (χ1) is 8.41. The molecule has 1 rings (SSSR count). The third kappa shape index (κ3) is 4.29. The molecular formula is C13H26N3O2+. The van der Waals surface area contributed by atoms with Gasteiger partial charge in [-0.3, -0.25) is 10.1 Å². The van der Waals surface area contributed by atoms with Crippen molar-refractivity contribution in [2.24, 2.45) is 17.6 Å². The normalized spacial score (nSPS) is 25.8. The summed E-state index contributed by atoms with van der Waals surface area (Å²) >= 11 is 0. The molecule has 0 unspecified atom stereocenters. The standard InChI is InChI=1S/C13H25N3O2/c1-8(2)11(12(17)16-13(14)18)15-10-7-5-4-6-9(10)3/h8-11,15H,4-7H2,1-3H3,(H3,14,16,17,18)/p+1/t9-,10-,11+/m1/s1. The molecular weight excluding hydrogens is 230 g/mol. The molecule has 0 heterocycles. The number of hydrogen-bond acceptors (Lipinski definition) is 2. The molecule has 1 aliphatic carbocycles. The molecule has 3 amide bonds. The van der Waals surface area contributed by atoms with Crippen LogP contribution in [0.1, 0.15) is 46.5 Å². The van der Waals surface area contributed by atoms with E-state index in [0.717, 1.165) is 6.42 Å². The molecule has 0 saturated heterocycles. The number of nitrogens with two attached hydrogens (primary N) is 2. The molecule has 1 saturated carbocycles. The Balaban J connectivity index is 2.61. The van der Waals surface area contributed by atoms with Crippen molar-refractivity contribution in [3.63, 3.8) is 0 Å². The number of urea groups is 1. The highest BCUT2D eigenvalue weighted by atomic mass is 16.2. The molecule has 104 valence electrons. The van der Waals surface area contributed by atoms with Gasteiger partial charge in [-0.05, 0) is 19.3 Å². The monoisotopic (exact) mass is 256 g/mol. The first kappa shape index (κ1) is 15.0. The minimum absolute atomic E-state index is 0.179. The van der Waals surface area contributed by atoms with E-state index < -0.39 is 6.03 Å². The van der Waals surface area contributed by atoms with Crippen molar-refractivity contribution < 1.29 is 14.9 Å². The van der Waals surface area contributed by atoms with Crippen LogP contribution in [0.2, 0.25) is 0 Å². The topological polar surface area (TPSA) is 88.8 Å². The van der Waals surface area contributed by atoms with E-state index in [1.165, 1.54) is 19.3 Å². The van der Waals surface area contributed by atoms with Crippen LogP contribution < -0.4 is 16.4 Å². The number of quaternary nitrogens is 1. The van der Waals surface area contributed by atoms with Gasteiger partial charge in [-0.1, -0.05) is 27.2 Å². The molecule has 5 heteroatoms. The van der Waals surface area contributed by atoms with Gasteiger partial charge in [0.2, 0.25) is 0 Å². The van der Waals surface area contributed by atoms with Crippen molar-refractivity contribution >= 4 is 11.9 Å². The highest BCUT2D eigenvalue weighted by Crippen LogP contribution is 2.21. The molecule has 0 radical (unpaired) electrons. The van der Waals surface area contributed by atoms with Gasteiger partial charge in [0.1, 0.15) is 0 Å². The SMILES string of the molecule is CC(C)[C@H]([NH2+][C@@H]1CCCC[C@H]1C)C(=O)NC(N)=O. The average molecular weight is 256 g/mol. The van der Waals surface area contributed by atoms with Gasteiger partial charge in [0.05, 0.1) is 6.04 Å². The highest BCUT2D eigenvalue weighted by Gasteiger charge is 2.33. The van der Waals surface area contributed by atoms with Crippen molar-refractivity contribution in [3.05, 3.63) is 0 Å². The summed E-state index contributed by atoms with van der Waals surface area (Å²) in [6.07, 6.45) is 4.89. The number of nitrogens with one attached hydrogen (secondary N) is 1. The van der Waals surface area contributed by atoms with E-state index in [9.17, 15) is 9.59 Å². The summed E-state index contributed by atoms with van der Waals surface area (Å²) in [7, 11) is 0. The summed E-state index contributed by atoms with van der Waals surface area (Å²) in [6, 6.07) is -0.524. The Labute approximate surface area is 109 Å². The largest absolute Gasteiger partial charge is 0.351 e. The third-order valence-electron chi connectivity index (χ3n) is 3.90. The van der Waals surface area contributed by atoms with Crippen LogP contribution in [0.15, 0.2) is 0 Å². The van der Waals surface area contributed by atoms with Crippen LogP contribution in [-0.2, 0) is 4.79 Å². The van der Waals surface area contributed by atoms with E-state index in [2.05, 4.69) is 17.6 Å². The van der Waals surface area contributed by atoms with Crippen molar-refractivity contribution in [1.29, 1.82) is 0 Å². The predicted molar refractivity (Wildman–Crippen MR) is 69.7 cm³/mol. The Bertz CT molecular complexity index is 305. The molecule has 0 aliphatic heterocycles. The molecule has 0 aromatic heterocycles. The predicted octanol–water partition coefficient (Wildman–Crippen LogP) is 0.348. The number of primary amides is 1. The molecule has 3 atom stereocenters. The molecule has 0 spiro atoms. The Hall–Kier alpha value is -1.10. The fourth-order valence-electron chi connectivity index (χ4n) is 2.71. The smallest absolute Gasteiger partial charge is 0.319 e. The van der Waals surface area contributed by atoms with Crippen molar-refractivity contribution in [3.8, 4) is 0 Å². The first-order valence-corrected chi connectivity index (χ1v) is 6.87. The zero-order chi connectivity index (χ0) is 13.7. The second-order valence-electron chi connectivity index (χ2n) is 5.74. The van der Waals surface area contributed by atoms with Gasteiger partial charge in [-0.2, -0.15) is 0 Å². The number of hydrogen-bond donors (Lipinski definition) is 3. The third-order valence-corrected chi connectivity index (χ3v) is 3.90. The Morgan fingerprint density at radius 3 is 2.39 bits per heavy atom. The lowest BCUT2D eigenvalue weighted by atomic mass is 9.85. The zero-order valence-corrected chi connectivity index (χ0v) is 11.6. The van der Waals surface area contributed by atoms with E-state index in [1.807, 2.05) is 13.8 Å². The van der Waals surface area contributed by atoms with E-state index in [4.69, 9.17) is 5.73 Å². The maximum Gasteiger partial charge on any atom is 0.319 e. The van der Waals surface area contributed by atoms with E-state index in [-0.39, 0.29) is 17.9 Å². The summed E-state index contributed by atoms with van der Waals surface area (Å²) in [6.45, 7) is 6.23. The Morgan fingerprint density at radius 1 is 1.28 bits per heavy atom. The van der Waals surface area contributed by atoms with Crippen LogP contribution in [0.4, 0.5) is 4.79 Å². The van der Waals surface area contributed by atoms with Crippen molar-refractivity contribution in [2.75, 3.05) is 0 Å². The molecule has 1 aliphatic rings. The molecule has 18 heavy (non-hydrogen) atoms. The molecule has 0 aromatic rings. The van der Waals surface area contributed by atoms with Gasteiger partial charge < -0.3 is 11.1 Å². The fourth-order valence-corrected chi connectivity index (χ4v) is 2.71. The minimum Gasteiger partial charge on any atom is -0.351 e. The maximum atomic E-state index is 11.9. The van der Waals surface area contributed by atoms with Gasteiger partial charge in [0.15, 0.2) is 6.04 Å². The van der Waals surface area contributed by atoms with Crippen LogP contribution in [0.5, 0.6) is 0 Å².